The van der Waals surface area contributed by atoms with E-state index in [4.69, 9.17) is 9.73 Å². The fourth-order valence-electron chi connectivity index (χ4n) is 4.10. The number of aliphatic imine (C=N–C) groups is 1. The average molecular weight is 417 g/mol. The molecule has 166 valence electrons. The second-order valence-electron chi connectivity index (χ2n) is 7.93. The van der Waals surface area contributed by atoms with E-state index in [2.05, 4.69) is 44.9 Å². The third-order valence-electron chi connectivity index (χ3n) is 5.80. The summed E-state index contributed by atoms with van der Waals surface area (Å²) in [6.45, 7) is 8.93. The fraction of sp³-hybridized carbons (Fsp3) is 0.714. The van der Waals surface area contributed by atoms with Gasteiger partial charge in [-0.3, -0.25) is 9.67 Å². The van der Waals surface area contributed by atoms with Gasteiger partial charge in [0.25, 0.3) is 0 Å². The summed E-state index contributed by atoms with van der Waals surface area (Å²) >= 11 is 0. The van der Waals surface area contributed by atoms with E-state index in [1.165, 1.54) is 25.7 Å². The number of hydrogen-bond acceptors (Lipinski definition) is 6. The maximum absolute atomic E-state index is 5.62. The number of nitrogens with one attached hydrogen (secondary N) is 3. The molecule has 1 fully saturated rings. The summed E-state index contributed by atoms with van der Waals surface area (Å²) < 4.78 is 7.37. The van der Waals surface area contributed by atoms with Crippen LogP contribution >= 0.6 is 0 Å². The molecule has 30 heavy (non-hydrogen) atoms. The Bertz CT molecular complexity index is 812. The molecule has 0 aromatic carbocycles. The van der Waals surface area contributed by atoms with Crippen LogP contribution in [0.3, 0.4) is 0 Å². The molecule has 2 aromatic rings. The lowest BCUT2D eigenvalue weighted by Gasteiger charge is -2.27. The molecule has 0 aliphatic heterocycles. The van der Waals surface area contributed by atoms with Crippen molar-refractivity contribution in [3.63, 3.8) is 0 Å². The fourth-order valence-corrected chi connectivity index (χ4v) is 4.10. The molecule has 0 saturated heterocycles. The van der Waals surface area contributed by atoms with Gasteiger partial charge in [0, 0.05) is 46.4 Å². The minimum Gasteiger partial charge on any atom is -0.382 e. The summed E-state index contributed by atoms with van der Waals surface area (Å²) in [5.74, 6) is 1.67. The van der Waals surface area contributed by atoms with E-state index < -0.39 is 0 Å². The Kier molecular flexibility index (Phi) is 8.24. The molecule has 3 N–H and O–H groups in total. The van der Waals surface area contributed by atoms with Gasteiger partial charge in [-0.1, -0.05) is 12.8 Å². The van der Waals surface area contributed by atoms with Crippen LogP contribution in [0.1, 0.15) is 46.0 Å². The standard InChI is InChI=1S/C21H36N8O/c1-4-22-20(25-15-21(8-6-7-9-21)10-13-30-5-2)24-12-11-23-18-17-14-28-29(3)19(17)27-16-26-18/h14,16H,4-13,15H2,1-3H3,(H2,22,24,25)(H,23,26,27). The molecule has 0 spiro atoms. The van der Waals surface area contributed by atoms with Crippen molar-refractivity contribution in [2.75, 3.05) is 44.7 Å². The molecule has 2 heterocycles. The number of aromatic nitrogens is 4. The molecule has 2 aromatic heterocycles. The molecule has 0 radical (unpaired) electrons. The SMILES string of the molecule is CCNC(=NCC1(CCOCC)CCCC1)NCCNc1ncnc2c1cnn2C. The topological polar surface area (TPSA) is 101 Å². The van der Waals surface area contributed by atoms with Crippen LogP contribution in [0.5, 0.6) is 0 Å². The Hall–Kier alpha value is -2.42. The summed E-state index contributed by atoms with van der Waals surface area (Å²) in [6, 6.07) is 0. The molecule has 1 saturated carbocycles. The predicted molar refractivity (Wildman–Crippen MR) is 121 cm³/mol. The van der Waals surface area contributed by atoms with Gasteiger partial charge >= 0.3 is 0 Å². The quantitative estimate of drug-likeness (QED) is 0.293. The highest BCUT2D eigenvalue weighted by Crippen LogP contribution is 2.41. The smallest absolute Gasteiger partial charge is 0.191 e. The third-order valence-corrected chi connectivity index (χ3v) is 5.80. The van der Waals surface area contributed by atoms with Crippen molar-refractivity contribution >= 4 is 22.8 Å². The number of ether oxygens (including phenoxy) is 1. The molecular weight excluding hydrogens is 380 g/mol. The summed E-state index contributed by atoms with van der Waals surface area (Å²) in [5, 5.41) is 15.3. The molecular formula is C21H36N8O. The first-order valence-corrected chi connectivity index (χ1v) is 11.1. The Balaban J connectivity index is 1.52. The number of fused-ring (bicyclic) bond motifs is 1. The largest absolute Gasteiger partial charge is 0.382 e. The predicted octanol–water partition coefficient (Wildman–Crippen LogP) is 2.32. The molecule has 0 bridgehead atoms. The van der Waals surface area contributed by atoms with Gasteiger partial charge in [0.05, 0.1) is 11.6 Å². The van der Waals surface area contributed by atoms with Crippen molar-refractivity contribution in [3.8, 4) is 0 Å². The second-order valence-corrected chi connectivity index (χ2v) is 7.93. The van der Waals surface area contributed by atoms with Crippen molar-refractivity contribution in [1.29, 1.82) is 0 Å². The van der Waals surface area contributed by atoms with E-state index in [0.29, 0.717) is 5.41 Å². The van der Waals surface area contributed by atoms with E-state index in [1.54, 1.807) is 17.2 Å². The molecule has 1 aliphatic rings. The molecule has 0 amide bonds. The summed E-state index contributed by atoms with van der Waals surface area (Å²) in [4.78, 5) is 13.5. The van der Waals surface area contributed by atoms with Crippen LogP contribution in [0.4, 0.5) is 5.82 Å². The molecule has 9 nitrogen and oxygen atoms in total. The van der Waals surface area contributed by atoms with Gasteiger partial charge < -0.3 is 20.7 Å². The van der Waals surface area contributed by atoms with Crippen LogP contribution in [-0.4, -0.2) is 65.1 Å². The van der Waals surface area contributed by atoms with Crippen LogP contribution in [0.25, 0.3) is 11.0 Å². The summed E-state index contributed by atoms with van der Waals surface area (Å²) in [6.07, 6.45) is 9.56. The minimum absolute atomic E-state index is 0.294. The zero-order valence-corrected chi connectivity index (χ0v) is 18.6. The van der Waals surface area contributed by atoms with E-state index in [1.807, 2.05) is 7.05 Å². The highest BCUT2D eigenvalue weighted by Gasteiger charge is 2.33. The number of hydrogen-bond donors (Lipinski definition) is 3. The first-order valence-electron chi connectivity index (χ1n) is 11.1. The van der Waals surface area contributed by atoms with Crippen LogP contribution in [0, 0.1) is 5.41 Å². The molecule has 0 atom stereocenters. The Morgan fingerprint density at radius 3 is 2.80 bits per heavy atom. The highest BCUT2D eigenvalue weighted by molar-refractivity contribution is 5.86. The van der Waals surface area contributed by atoms with Crippen LogP contribution in [0.15, 0.2) is 17.5 Å². The van der Waals surface area contributed by atoms with Crippen molar-refractivity contribution in [2.24, 2.45) is 17.5 Å². The Labute approximate surface area is 179 Å². The van der Waals surface area contributed by atoms with Gasteiger partial charge in [0.2, 0.25) is 0 Å². The normalized spacial score (nSPS) is 16.2. The van der Waals surface area contributed by atoms with E-state index in [-0.39, 0.29) is 0 Å². The molecule has 3 rings (SSSR count). The van der Waals surface area contributed by atoms with E-state index >= 15 is 0 Å². The summed E-state index contributed by atoms with van der Waals surface area (Å²) in [7, 11) is 1.88. The maximum Gasteiger partial charge on any atom is 0.191 e. The number of nitrogens with zero attached hydrogens (tertiary/aromatic N) is 5. The Morgan fingerprint density at radius 1 is 1.20 bits per heavy atom. The van der Waals surface area contributed by atoms with Gasteiger partial charge in [-0.05, 0) is 38.5 Å². The summed E-state index contributed by atoms with van der Waals surface area (Å²) in [5.41, 5.74) is 1.12. The van der Waals surface area contributed by atoms with Gasteiger partial charge in [0.1, 0.15) is 12.1 Å². The molecule has 0 unspecified atom stereocenters. The first kappa shape index (κ1) is 22.3. The lowest BCUT2D eigenvalue weighted by atomic mass is 9.83. The number of anilines is 1. The van der Waals surface area contributed by atoms with Crippen molar-refractivity contribution in [3.05, 3.63) is 12.5 Å². The zero-order chi connectivity index (χ0) is 21.2. The number of aryl methyl sites for hydroxylation is 1. The lowest BCUT2D eigenvalue weighted by molar-refractivity contribution is 0.107. The minimum atomic E-state index is 0.294. The lowest BCUT2D eigenvalue weighted by Crippen LogP contribution is -2.40. The van der Waals surface area contributed by atoms with Crippen molar-refractivity contribution < 1.29 is 4.74 Å². The van der Waals surface area contributed by atoms with Crippen molar-refractivity contribution in [1.82, 2.24) is 30.4 Å². The van der Waals surface area contributed by atoms with Gasteiger partial charge in [-0.25, -0.2) is 9.97 Å². The third kappa shape index (κ3) is 5.81. The van der Waals surface area contributed by atoms with Gasteiger partial charge in [-0.15, -0.1) is 0 Å². The molecule has 9 heteroatoms. The van der Waals surface area contributed by atoms with E-state index in [0.717, 1.165) is 68.6 Å². The first-order chi connectivity index (χ1) is 14.7. The van der Waals surface area contributed by atoms with Crippen LogP contribution in [0.2, 0.25) is 0 Å². The highest BCUT2D eigenvalue weighted by atomic mass is 16.5. The maximum atomic E-state index is 5.62. The second kappa shape index (κ2) is 11.1. The van der Waals surface area contributed by atoms with Crippen LogP contribution < -0.4 is 16.0 Å². The monoisotopic (exact) mass is 416 g/mol. The zero-order valence-electron chi connectivity index (χ0n) is 18.6. The van der Waals surface area contributed by atoms with E-state index in [9.17, 15) is 0 Å². The molecule has 1 aliphatic carbocycles. The van der Waals surface area contributed by atoms with Crippen LogP contribution in [-0.2, 0) is 11.8 Å². The number of guanidine groups is 1. The van der Waals surface area contributed by atoms with Crippen molar-refractivity contribution in [2.45, 2.75) is 46.0 Å². The Morgan fingerprint density at radius 2 is 2.03 bits per heavy atom. The van der Waals surface area contributed by atoms with Gasteiger partial charge in [0.15, 0.2) is 11.6 Å². The average Bonchev–Trinajstić information content (AvgIpc) is 3.37. The number of rotatable bonds is 11. The van der Waals surface area contributed by atoms with Gasteiger partial charge in [-0.2, -0.15) is 5.10 Å².